The van der Waals surface area contributed by atoms with Crippen LogP contribution in [-0.2, 0) is 0 Å². The minimum atomic E-state index is 0.195. The lowest BCUT2D eigenvalue weighted by Crippen LogP contribution is -2.41. The van der Waals surface area contributed by atoms with Gasteiger partial charge in [-0.15, -0.1) is 23.5 Å². The molecule has 0 spiro atoms. The van der Waals surface area contributed by atoms with Crippen LogP contribution in [0.3, 0.4) is 0 Å². The van der Waals surface area contributed by atoms with Crippen molar-refractivity contribution in [1.29, 1.82) is 0 Å². The molecular weight excluding hydrogens is 453 g/mol. The Kier molecular flexibility index (Phi) is 6.81. The molecule has 3 nitrogen and oxygen atoms in total. The van der Waals surface area contributed by atoms with Crippen LogP contribution in [0.1, 0.15) is 42.7 Å². The van der Waals surface area contributed by atoms with E-state index in [0.717, 1.165) is 23.2 Å². The summed E-state index contributed by atoms with van der Waals surface area (Å²) in [6.45, 7) is 0.859. The number of ether oxygens (including phenoxy) is 1. The van der Waals surface area contributed by atoms with Gasteiger partial charge >= 0.3 is 0 Å². The molecule has 5 rings (SSSR count). The summed E-state index contributed by atoms with van der Waals surface area (Å²) in [5.74, 6) is 3.07. The Balaban J connectivity index is 1.50. The van der Waals surface area contributed by atoms with E-state index < -0.39 is 0 Å². The monoisotopic (exact) mass is 482 g/mol. The van der Waals surface area contributed by atoms with Gasteiger partial charge in [0.05, 0.1) is 17.7 Å². The van der Waals surface area contributed by atoms with Crippen LogP contribution in [0.25, 0.3) is 4.91 Å². The highest BCUT2D eigenvalue weighted by molar-refractivity contribution is 8.23. The van der Waals surface area contributed by atoms with E-state index in [-0.39, 0.29) is 4.08 Å². The summed E-state index contributed by atoms with van der Waals surface area (Å²) in [7, 11) is 1.74. The number of fused-ring (bicyclic) bond motifs is 1. The molecule has 2 aromatic carbocycles. The summed E-state index contributed by atoms with van der Waals surface area (Å²) in [6, 6.07) is 19.7. The molecule has 1 saturated carbocycles. The zero-order valence-electron chi connectivity index (χ0n) is 18.4. The van der Waals surface area contributed by atoms with Crippen molar-refractivity contribution in [2.75, 3.05) is 19.4 Å². The van der Waals surface area contributed by atoms with Crippen molar-refractivity contribution in [3.8, 4) is 5.75 Å². The van der Waals surface area contributed by atoms with Crippen LogP contribution in [0.2, 0.25) is 0 Å². The lowest BCUT2D eigenvalue weighted by Gasteiger charge is -2.50. The van der Waals surface area contributed by atoms with Gasteiger partial charge in [0, 0.05) is 21.8 Å². The number of benzene rings is 2. The van der Waals surface area contributed by atoms with Crippen molar-refractivity contribution >= 4 is 45.4 Å². The molecule has 1 aliphatic carbocycles. The Hall–Kier alpha value is -1.50. The standard InChI is InChI=1S/C26H30N2OS3/c1-29-20-12-10-18(11-13-20)22-15-24(19-7-3-2-4-8-19)32-26(14-6-5-9-23(22)26)30-17-21-16-28-25(27)31-21/h2-4,7-8,10-13,15,21-23H,5-6,9,14,16-17H2,1H3,(H2,27,28)/t21-,22+,23+,26-/m0/s1. The minimum Gasteiger partial charge on any atom is -0.497 e. The molecule has 0 aromatic heterocycles. The molecular formula is C26H30N2OS3. The second kappa shape index (κ2) is 9.78. The molecule has 0 saturated heterocycles. The lowest BCUT2D eigenvalue weighted by atomic mass is 9.75. The van der Waals surface area contributed by atoms with Gasteiger partial charge in [0.15, 0.2) is 5.17 Å². The van der Waals surface area contributed by atoms with Gasteiger partial charge in [0.25, 0.3) is 0 Å². The fourth-order valence-electron chi connectivity index (χ4n) is 5.10. The van der Waals surface area contributed by atoms with Crippen LogP contribution in [0.4, 0.5) is 0 Å². The highest BCUT2D eigenvalue weighted by Crippen LogP contribution is 2.63. The first-order valence-corrected chi connectivity index (χ1v) is 14.1. The zero-order chi connectivity index (χ0) is 22.0. The molecule has 3 aliphatic rings. The Morgan fingerprint density at radius 1 is 1.12 bits per heavy atom. The van der Waals surface area contributed by atoms with Crippen LogP contribution < -0.4 is 10.5 Å². The van der Waals surface area contributed by atoms with Crippen LogP contribution in [0.5, 0.6) is 5.75 Å². The average Bonchev–Trinajstić information content (AvgIpc) is 3.28. The number of nitrogens with zero attached hydrogens (tertiary/aromatic N) is 1. The Labute approximate surface area is 204 Å². The smallest absolute Gasteiger partial charge is 0.154 e. The van der Waals surface area contributed by atoms with Gasteiger partial charge in [-0.25, -0.2) is 0 Å². The van der Waals surface area contributed by atoms with Gasteiger partial charge in [0.2, 0.25) is 0 Å². The van der Waals surface area contributed by atoms with E-state index in [1.54, 1.807) is 18.9 Å². The topological polar surface area (TPSA) is 47.6 Å². The van der Waals surface area contributed by atoms with E-state index >= 15 is 0 Å². The summed E-state index contributed by atoms with van der Waals surface area (Å²) in [5.41, 5.74) is 8.70. The minimum absolute atomic E-state index is 0.195. The molecule has 168 valence electrons. The molecule has 4 atom stereocenters. The maximum absolute atomic E-state index is 5.96. The maximum Gasteiger partial charge on any atom is 0.154 e. The van der Waals surface area contributed by atoms with E-state index in [0.29, 0.717) is 17.1 Å². The van der Waals surface area contributed by atoms with Gasteiger partial charge in [-0.05, 0) is 42.0 Å². The fourth-order valence-corrected chi connectivity index (χ4v) is 9.77. The normalized spacial score (nSPS) is 29.7. The van der Waals surface area contributed by atoms with E-state index in [1.165, 1.54) is 41.7 Å². The molecule has 32 heavy (non-hydrogen) atoms. The highest BCUT2D eigenvalue weighted by Gasteiger charge is 2.49. The van der Waals surface area contributed by atoms with Crippen LogP contribution >= 0.6 is 35.3 Å². The molecule has 0 radical (unpaired) electrons. The largest absolute Gasteiger partial charge is 0.497 e. The number of hydrogen-bond acceptors (Lipinski definition) is 6. The summed E-state index contributed by atoms with van der Waals surface area (Å²) < 4.78 is 5.63. The molecule has 0 bridgehead atoms. The third kappa shape index (κ3) is 4.59. The average molecular weight is 483 g/mol. The quantitative estimate of drug-likeness (QED) is 0.501. The van der Waals surface area contributed by atoms with E-state index in [9.17, 15) is 0 Å². The predicted octanol–water partition coefficient (Wildman–Crippen LogP) is 6.62. The predicted molar refractivity (Wildman–Crippen MR) is 143 cm³/mol. The van der Waals surface area contributed by atoms with Gasteiger partial charge in [-0.2, -0.15) is 0 Å². The molecule has 1 fully saturated rings. The third-order valence-electron chi connectivity index (χ3n) is 6.71. The van der Waals surface area contributed by atoms with Crippen molar-refractivity contribution in [2.24, 2.45) is 16.6 Å². The molecule has 0 unspecified atom stereocenters. The number of hydrogen-bond donors (Lipinski definition) is 1. The zero-order valence-corrected chi connectivity index (χ0v) is 20.9. The molecule has 2 aliphatic heterocycles. The van der Waals surface area contributed by atoms with Crippen LogP contribution in [-0.4, -0.2) is 33.9 Å². The number of rotatable bonds is 6. The van der Waals surface area contributed by atoms with Crippen molar-refractivity contribution < 1.29 is 4.74 Å². The van der Waals surface area contributed by atoms with Gasteiger partial charge in [-0.3, -0.25) is 4.99 Å². The number of allylic oxidation sites excluding steroid dienone is 1. The maximum atomic E-state index is 5.96. The summed E-state index contributed by atoms with van der Waals surface area (Å²) >= 11 is 6.07. The molecule has 6 heteroatoms. The fraction of sp³-hybridized carbons (Fsp3) is 0.423. The van der Waals surface area contributed by atoms with Gasteiger partial charge in [0.1, 0.15) is 5.75 Å². The van der Waals surface area contributed by atoms with E-state index in [1.807, 2.05) is 0 Å². The van der Waals surface area contributed by atoms with Gasteiger partial charge in [-0.1, -0.05) is 73.1 Å². The molecule has 0 amide bonds. The first-order valence-electron chi connectivity index (χ1n) is 11.4. The Morgan fingerprint density at radius 2 is 1.94 bits per heavy atom. The SMILES string of the molecule is COc1ccc([C@H]2C=C(c3ccccc3)S[C@@]3(SC[C@@H]4CN=C(N)S4)CCCC[C@H]23)cc1. The lowest BCUT2D eigenvalue weighted by molar-refractivity contribution is 0.320. The molecule has 2 aromatic rings. The van der Waals surface area contributed by atoms with Crippen LogP contribution in [0, 0.1) is 5.92 Å². The second-order valence-electron chi connectivity index (χ2n) is 8.69. The van der Waals surface area contributed by atoms with Gasteiger partial charge < -0.3 is 10.5 Å². The Morgan fingerprint density at radius 3 is 2.66 bits per heavy atom. The number of aliphatic imine (C=N–C) groups is 1. The summed E-state index contributed by atoms with van der Waals surface area (Å²) in [5, 5.41) is 1.26. The third-order valence-corrected chi connectivity index (χ3v) is 11.6. The Bertz CT molecular complexity index is 992. The van der Waals surface area contributed by atoms with Crippen LogP contribution in [0.15, 0.2) is 65.7 Å². The van der Waals surface area contributed by atoms with E-state index in [2.05, 4.69) is 89.2 Å². The van der Waals surface area contributed by atoms with E-state index in [4.69, 9.17) is 10.5 Å². The van der Waals surface area contributed by atoms with Crippen molar-refractivity contribution in [2.45, 2.75) is 40.9 Å². The number of amidine groups is 1. The number of thioether (sulfide) groups is 3. The summed E-state index contributed by atoms with van der Waals surface area (Å²) in [4.78, 5) is 5.86. The first-order chi connectivity index (χ1) is 15.7. The number of methoxy groups -OCH3 is 1. The molecule has 2 N–H and O–H groups in total. The van der Waals surface area contributed by atoms with Crippen molar-refractivity contribution in [1.82, 2.24) is 0 Å². The molecule has 2 heterocycles. The highest BCUT2D eigenvalue weighted by atomic mass is 32.2. The summed E-state index contributed by atoms with van der Waals surface area (Å²) in [6.07, 6.45) is 7.72. The first kappa shape index (κ1) is 22.3. The second-order valence-corrected chi connectivity index (χ2v) is 13.0. The van der Waals surface area contributed by atoms with Crippen molar-refractivity contribution in [3.05, 3.63) is 71.8 Å². The van der Waals surface area contributed by atoms with Crippen molar-refractivity contribution in [3.63, 3.8) is 0 Å². The number of nitrogens with two attached hydrogens (primary N) is 1.